The van der Waals surface area contributed by atoms with Crippen LogP contribution in [0.2, 0.25) is 0 Å². The highest BCUT2D eigenvalue weighted by Gasteiger charge is 2.36. The molecule has 2 N–H and O–H groups in total. The summed E-state index contributed by atoms with van der Waals surface area (Å²) in [6.45, 7) is 6.33. The lowest BCUT2D eigenvalue weighted by atomic mass is 9.68. The van der Waals surface area contributed by atoms with Crippen molar-refractivity contribution in [1.29, 1.82) is 0 Å². The Morgan fingerprint density at radius 2 is 2.29 bits per heavy atom. The fourth-order valence-electron chi connectivity index (χ4n) is 3.13. The lowest BCUT2D eigenvalue weighted by Crippen LogP contribution is -2.40. The van der Waals surface area contributed by atoms with Crippen molar-refractivity contribution in [1.82, 2.24) is 5.32 Å². The number of carboxylic acids is 1. The van der Waals surface area contributed by atoms with Crippen molar-refractivity contribution in [2.24, 2.45) is 11.3 Å². The highest BCUT2D eigenvalue weighted by molar-refractivity contribution is 5.67. The van der Waals surface area contributed by atoms with Gasteiger partial charge in [-0.2, -0.15) is 0 Å². The fraction of sp³-hybridized carbons (Fsp3) is 0.929. The monoisotopic (exact) mass is 241 g/mol. The molecular weight excluding hydrogens is 214 g/mol. The van der Waals surface area contributed by atoms with Crippen molar-refractivity contribution in [2.75, 3.05) is 13.1 Å². The second kappa shape index (κ2) is 7.00. The molecule has 2 atom stereocenters. The van der Waals surface area contributed by atoms with Crippen LogP contribution in [0.4, 0.5) is 0 Å². The van der Waals surface area contributed by atoms with Crippen LogP contribution in [-0.4, -0.2) is 24.2 Å². The molecule has 0 saturated heterocycles. The Balaban J connectivity index is 2.49. The maximum atomic E-state index is 11.0. The molecule has 0 heterocycles. The minimum atomic E-state index is -0.642. The highest BCUT2D eigenvalue weighted by Crippen LogP contribution is 2.41. The van der Waals surface area contributed by atoms with Crippen molar-refractivity contribution in [3.8, 4) is 0 Å². The van der Waals surface area contributed by atoms with Crippen molar-refractivity contribution < 1.29 is 9.90 Å². The maximum Gasteiger partial charge on any atom is 0.303 e. The average Bonchev–Trinajstić information content (AvgIpc) is 2.23. The molecule has 1 rings (SSSR count). The third-order valence-corrected chi connectivity index (χ3v) is 3.92. The molecule has 0 amide bonds. The second-order valence-electron chi connectivity index (χ2n) is 5.80. The smallest absolute Gasteiger partial charge is 0.303 e. The lowest BCUT2D eigenvalue weighted by molar-refractivity contribution is -0.140. The summed E-state index contributed by atoms with van der Waals surface area (Å²) in [7, 11) is 0. The van der Waals surface area contributed by atoms with Gasteiger partial charge in [-0.15, -0.1) is 0 Å². The van der Waals surface area contributed by atoms with Gasteiger partial charge in [0.1, 0.15) is 0 Å². The van der Waals surface area contributed by atoms with E-state index >= 15 is 0 Å². The van der Waals surface area contributed by atoms with E-state index < -0.39 is 5.97 Å². The first kappa shape index (κ1) is 14.5. The SMILES string of the molecule is CCCCNC[C@@]1(CC(=O)O)CCC[C@@H](C)C1. The number of aliphatic carboxylic acids is 1. The molecule has 0 aromatic heterocycles. The quantitative estimate of drug-likeness (QED) is 0.674. The Bertz CT molecular complexity index is 242. The topological polar surface area (TPSA) is 49.3 Å². The van der Waals surface area contributed by atoms with Gasteiger partial charge in [0.15, 0.2) is 0 Å². The van der Waals surface area contributed by atoms with E-state index in [2.05, 4.69) is 19.2 Å². The van der Waals surface area contributed by atoms with E-state index in [-0.39, 0.29) is 5.41 Å². The third kappa shape index (κ3) is 5.07. The Hall–Kier alpha value is -0.570. The van der Waals surface area contributed by atoms with E-state index in [1.807, 2.05) is 0 Å². The Labute approximate surface area is 105 Å². The second-order valence-corrected chi connectivity index (χ2v) is 5.80. The van der Waals surface area contributed by atoms with Gasteiger partial charge >= 0.3 is 5.97 Å². The predicted molar refractivity (Wildman–Crippen MR) is 70.1 cm³/mol. The number of hydrogen-bond donors (Lipinski definition) is 2. The van der Waals surface area contributed by atoms with Crippen LogP contribution in [0.15, 0.2) is 0 Å². The van der Waals surface area contributed by atoms with Gasteiger partial charge in [0.25, 0.3) is 0 Å². The van der Waals surface area contributed by atoms with Crippen LogP contribution in [0, 0.1) is 11.3 Å². The number of hydrogen-bond acceptors (Lipinski definition) is 2. The molecule has 3 heteroatoms. The zero-order chi connectivity index (χ0) is 12.7. The van der Waals surface area contributed by atoms with Gasteiger partial charge in [-0.3, -0.25) is 4.79 Å². The van der Waals surface area contributed by atoms with Crippen LogP contribution in [0.25, 0.3) is 0 Å². The van der Waals surface area contributed by atoms with E-state index in [1.165, 1.54) is 25.7 Å². The molecule has 100 valence electrons. The molecule has 0 bridgehead atoms. The maximum absolute atomic E-state index is 11.0. The van der Waals surface area contributed by atoms with Gasteiger partial charge in [0, 0.05) is 6.54 Å². The Kier molecular flexibility index (Phi) is 5.96. The number of rotatable bonds is 7. The number of carbonyl (C=O) groups is 1. The van der Waals surface area contributed by atoms with Crippen LogP contribution in [0.1, 0.15) is 58.8 Å². The first-order valence-electron chi connectivity index (χ1n) is 7.00. The van der Waals surface area contributed by atoms with Crippen LogP contribution in [-0.2, 0) is 4.79 Å². The Morgan fingerprint density at radius 1 is 1.53 bits per heavy atom. The zero-order valence-electron chi connectivity index (χ0n) is 11.3. The Morgan fingerprint density at radius 3 is 2.88 bits per heavy atom. The van der Waals surface area contributed by atoms with E-state index in [9.17, 15) is 4.79 Å². The normalized spacial score (nSPS) is 29.2. The van der Waals surface area contributed by atoms with Gasteiger partial charge in [-0.25, -0.2) is 0 Å². The largest absolute Gasteiger partial charge is 0.481 e. The molecule has 3 nitrogen and oxygen atoms in total. The first-order chi connectivity index (χ1) is 8.08. The van der Waals surface area contributed by atoms with Crippen molar-refractivity contribution in [3.05, 3.63) is 0 Å². The third-order valence-electron chi connectivity index (χ3n) is 3.92. The molecule has 0 aromatic carbocycles. The number of carboxylic acid groups (broad SMARTS) is 1. The molecule has 1 aliphatic rings. The van der Waals surface area contributed by atoms with E-state index in [0.29, 0.717) is 12.3 Å². The highest BCUT2D eigenvalue weighted by atomic mass is 16.4. The molecule has 0 unspecified atom stereocenters. The van der Waals surface area contributed by atoms with Gasteiger partial charge in [0.2, 0.25) is 0 Å². The summed E-state index contributed by atoms with van der Waals surface area (Å²) in [4.78, 5) is 11.0. The molecule has 17 heavy (non-hydrogen) atoms. The summed E-state index contributed by atoms with van der Waals surface area (Å²) in [5, 5.41) is 12.6. The van der Waals surface area contributed by atoms with Crippen molar-refractivity contribution in [3.63, 3.8) is 0 Å². The fourth-order valence-corrected chi connectivity index (χ4v) is 3.13. The standard InChI is InChI=1S/C14H27NO2/c1-3-4-8-15-11-14(10-13(16)17)7-5-6-12(2)9-14/h12,15H,3-11H2,1-2H3,(H,16,17)/t12-,14+/m1/s1. The first-order valence-corrected chi connectivity index (χ1v) is 7.00. The summed E-state index contributed by atoms with van der Waals surface area (Å²) >= 11 is 0. The molecule has 1 saturated carbocycles. The molecule has 1 aliphatic carbocycles. The molecule has 0 aromatic rings. The van der Waals surface area contributed by atoms with Crippen LogP contribution in [0.3, 0.4) is 0 Å². The number of nitrogens with one attached hydrogen (secondary N) is 1. The predicted octanol–water partition coefficient (Wildman–Crippen LogP) is 3.05. The summed E-state index contributed by atoms with van der Waals surface area (Å²) in [6.07, 6.45) is 7.28. The summed E-state index contributed by atoms with van der Waals surface area (Å²) in [5.41, 5.74) is 0.0112. The van der Waals surface area contributed by atoms with Gasteiger partial charge < -0.3 is 10.4 Å². The minimum Gasteiger partial charge on any atom is -0.481 e. The number of unbranched alkanes of at least 4 members (excludes halogenated alkanes) is 1. The van der Waals surface area contributed by atoms with Crippen molar-refractivity contribution >= 4 is 5.97 Å². The van der Waals surface area contributed by atoms with Crippen LogP contribution < -0.4 is 5.32 Å². The van der Waals surface area contributed by atoms with E-state index in [0.717, 1.165) is 25.9 Å². The van der Waals surface area contributed by atoms with E-state index in [4.69, 9.17) is 5.11 Å². The zero-order valence-corrected chi connectivity index (χ0v) is 11.3. The molecular formula is C14H27NO2. The average molecular weight is 241 g/mol. The minimum absolute atomic E-state index is 0.0112. The summed E-state index contributed by atoms with van der Waals surface area (Å²) in [6, 6.07) is 0. The van der Waals surface area contributed by atoms with Gasteiger partial charge in [0.05, 0.1) is 6.42 Å². The van der Waals surface area contributed by atoms with Crippen molar-refractivity contribution in [2.45, 2.75) is 58.8 Å². The van der Waals surface area contributed by atoms with E-state index in [1.54, 1.807) is 0 Å². The lowest BCUT2D eigenvalue weighted by Gasteiger charge is -2.39. The van der Waals surface area contributed by atoms with Crippen LogP contribution >= 0.6 is 0 Å². The molecule has 0 aliphatic heterocycles. The van der Waals surface area contributed by atoms with Gasteiger partial charge in [-0.05, 0) is 37.1 Å². The van der Waals surface area contributed by atoms with Crippen LogP contribution in [0.5, 0.6) is 0 Å². The van der Waals surface area contributed by atoms with Gasteiger partial charge in [-0.1, -0.05) is 33.1 Å². The molecule has 1 fully saturated rings. The summed E-state index contributed by atoms with van der Waals surface area (Å²) in [5.74, 6) is 0.0347. The molecule has 0 spiro atoms. The summed E-state index contributed by atoms with van der Waals surface area (Å²) < 4.78 is 0. The molecule has 0 radical (unpaired) electrons.